The van der Waals surface area contributed by atoms with Gasteiger partial charge in [-0.1, -0.05) is 0 Å². The van der Waals surface area contributed by atoms with Crippen molar-refractivity contribution in [1.82, 2.24) is 0 Å². The Kier molecular flexibility index (Phi) is 14.4. The predicted molar refractivity (Wildman–Crippen MR) is 199 cm³/mol. The number of rotatable bonds is 18. The van der Waals surface area contributed by atoms with Crippen LogP contribution in [0.3, 0.4) is 0 Å². The second kappa shape index (κ2) is 19.4. The molecule has 2 aliphatic heterocycles. The van der Waals surface area contributed by atoms with Gasteiger partial charge in [0.05, 0.1) is 0 Å². The van der Waals surface area contributed by atoms with Crippen LogP contribution in [-0.2, 0) is 58.1 Å². The van der Waals surface area contributed by atoms with E-state index in [4.69, 9.17) is 42.1 Å². The van der Waals surface area contributed by atoms with Crippen molar-refractivity contribution in [3.8, 4) is 17.2 Å². The molecule has 2 heterocycles. The third-order valence-electron chi connectivity index (χ3n) is 9.29. The molecule has 1 unspecified atom stereocenters. The summed E-state index contributed by atoms with van der Waals surface area (Å²) in [7, 11) is -0.162. The van der Waals surface area contributed by atoms with Gasteiger partial charge >= 0.3 is 323 Å². The predicted octanol–water partition coefficient (Wildman–Crippen LogP) is 6.24. The zero-order chi connectivity index (χ0) is 37.9. The van der Waals surface area contributed by atoms with Crippen molar-refractivity contribution in [3.63, 3.8) is 0 Å². The van der Waals surface area contributed by atoms with E-state index in [2.05, 4.69) is 0 Å². The Hall–Kier alpha value is -3.53. The second-order valence-corrected chi connectivity index (χ2v) is 18.8. The average molecular weight is 830 g/mol. The molecule has 0 N–H and O–H groups in total. The Balaban J connectivity index is 1.27. The first kappa shape index (κ1) is 40.1. The van der Waals surface area contributed by atoms with E-state index in [9.17, 15) is 13.0 Å². The van der Waals surface area contributed by atoms with Crippen LogP contribution in [0, 0.1) is 0 Å². The van der Waals surface area contributed by atoms with E-state index in [0.29, 0.717) is 37.1 Å². The first-order valence-corrected chi connectivity index (χ1v) is 22.3. The van der Waals surface area contributed by atoms with Crippen LogP contribution in [0.1, 0.15) is 28.5 Å². The minimum absolute atomic E-state index is 0.0894. The van der Waals surface area contributed by atoms with Crippen LogP contribution in [0.4, 0.5) is 0 Å². The summed E-state index contributed by atoms with van der Waals surface area (Å²) in [4.78, 5) is -0.0894. The van der Waals surface area contributed by atoms with Crippen molar-refractivity contribution in [2.75, 3.05) is 34.5 Å². The van der Waals surface area contributed by atoms with Gasteiger partial charge in [-0.2, -0.15) is 0 Å². The van der Waals surface area contributed by atoms with Crippen molar-refractivity contribution in [3.05, 3.63) is 125 Å². The molecule has 2 fully saturated rings. The summed E-state index contributed by atoms with van der Waals surface area (Å²) in [5, 5.41) is 1.13. The SMILES string of the molecule is COc1ccc(COC[C@@H]2[C@@H](OCc3ccc(OC)cc3)[C@H](OCc3ccc(OC)cc3)C[Se+]2C[C@H]2O[C@@H](c3ccccc3)OC[C@@H]2OS(=O)(=O)[O-])cc1. The Morgan fingerprint density at radius 1 is 0.704 bits per heavy atom. The fourth-order valence-electron chi connectivity index (χ4n) is 6.41. The molecule has 0 bridgehead atoms. The fourth-order valence-corrected chi connectivity index (χ4v) is 13.1. The van der Waals surface area contributed by atoms with Gasteiger partial charge in [0.25, 0.3) is 0 Å². The van der Waals surface area contributed by atoms with Gasteiger partial charge in [0.2, 0.25) is 0 Å². The Bertz CT molecular complexity index is 1830. The monoisotopic (exact) mass is 830 g/mol. The van der Waals surface area contributed by atoms with Gasteiger partial charge in [-0.15, -0.1) is 0 Å². The molecular weight excluding hydrogens is 783 g/mol. The normalized spacial score (nSPS) is 24.3. The fraction of sp³-hybridized carbons (Fsp3) is 0.400. The third kappa shape index (κ3) is 11.3. The van der Waals surface area contributed by atoms with Gasteiger partial charge in [0.1, 0.15) is 0 Å². The van der Waals surface area contributed by atoms with E-state index >= 15 is 0 Å². The van der Waals surface area contributed by atoms with Gasteiger partial charge in [-0.3, -0.25) is 0 Å². The van der Waals surface area contributed by atoms with Crippen LogP contribution in [0.15, 0.2) is 103 Å². The maximum absolute atomic E-state index is 11.9. The molecule has 0 amide bonds. The van der Waals surface area contributed by atoms with Crippen LogP contribution in [-0.4, -0.2) is 85.8 Å². The van der Waals surface area contributed by atoms with Gasteiger partial charge in [0.15, 0.2) is 0 Å². The van der Waals surface area contributed by atoms with Crippen LogP contribution in [0.25, 0.3) is 0 Å². The average Bonchev–Trinajstić information content (AvgIpc) is 3.52. The van der Waals surface area contributed by atoms with Crippen molar-refractivity contribution in [2.24, 2.45) is 0 Å². The molecule has 54 heavy (non-hydrogen) atoms. The first-order chi connectivity index (χ1) is 26.2. The van der Waals surface area contributed by atoms with Crippen molar-refractivity contribution in [1.29, 1.82) is 0 Å². The van der Waals surface area contributed by atoms with Crippen molar-refractivity contribution >= 4 is 24.3 Å². The van der Waals surface area contributed by atoms with E-state index in [1.54, 1.807) is 21.3 Å². The molecule has 6 rings (SSSR count). The summed E-state index contributed by atoms with van der Waals surface area (Å²) in [5.41, 5.74) is 3.71. The summed E-state index contributed by atoms with van der Waals surface area (Å²) < 4.78 is 88.9. The van der Waals surface area contributed by atoms with Crippen molar-refractivity contribution in [2.45, 2.75) is 66.0 Å². The molecule has 7 atom stereocenters. The zero-order valence-corrected chi connectivity index (χ0v) is 33.0. The number of ether oxygens (including phenoxy) is 8. The van der Waals surface area contributed by atoms with Gasteiger partial charge in [-0.25, -0.2) is 0 Å². The molecule has 4 aromatic carbocycles. The molecule has 0 saturated carbocycles. The van der Waals surface area contributed by atoms with E-state index in [0.717, 1.165) is 39.5 Å². The molecule has 12 nitrogen and oxygen atoms in total. The maximum atomic E-state index is 11.9. The van der Waals surface area contributed by atoms with Crippen LogP contribution >= 0.6 is 0 Å². The zero-order valence-electron chi connectivity index (χ0n) is 30.4. The second-order valence-electron chi connectivity index (χ2n) is 12.9. The van der Waals surface area contributed by atoms with E-state index in [-0.39, 0.29) is 23.6 Å². The molecule has 4 aromatic rings. The molecule has 0 radical (unpaired) electrons. The summed E-state index contributed by atoms with van der Waals surface area (Å²) in [6.45, 7) is 1.28. The first-order valence-electron chi connectivity index (χ1n) is 17.5. The van der Waals surface area contributed by atoms with E-state index in [1.807, 2.05) is 103 Å². The van der Waals surface area contributed by atoms with Gasteiger partial charge in [-0.05, 0) is 0 Å². The quantitative estimate of drug-likeness (QED) is 0.0638. The summed E-state index contributed by atoms with van der Waals surface area (Å²) in [6.07, 6.45) is -3.29. The molecule has 290 valence electrons. The van der Waals surface area contributed by atoms with Crippen LogP contribution < -0.4 is 14.2 Å². The molecule has 2 saturated heterocycles. The minimum atomic E-state index is -5.04. The number of hydrogen-bond acceptors (Lipinski definition) is 12. The summed E-state index contributed by atoms with van der Waals surface area (Å²) >= 11 is -1.83. The third-order valence-corrected chi connectivity index (χ3v) is 15.6. The van der Waals surface area contributed by atoms with Crippen LogP contribution in [0.2, 0.25) is 15.5 Å². The number of benzene rings is 4. The van der Waals surface area contributed by atoms with Gasteiger partial charge in [0, 0.05) is 0 Å². The van der Waals surface area contributed by atoms with E-state index in [1.165, 1.54) is 0 Å². The van der Waals surface area contributed by atoms with Gasteiger partial charge < -0.3 is 0 Å². The molecule has 2 aliphatic rings. The molecule has 0 spiro atoms. The number of hydrogen-bond donors (Lipinski definition) is 0. The van der Waals surface area contributed by atoms with Crippen molar-refractivity contribution < 1.29 is 55.0 Å². The Morgan fingerprint density at radius 3 is 1.78 bits per heavy atom. The standard InChI is InChI=1S/C40H46O12SSe/c1-44-32-15-9-28(10-16-32)21-47-25-38-39(49-23-30-13-19-34(46-3)20-14-30)37(48-22-29-11-17-33(45-2)18-12-29)27-54(38)26-36-35(52-53(41,42)43)24-50-40(51-36)31-7-5-4-6-8-31/h4-20,35-40H,21-27H2,1-3H3/t35-,36+,37+,38+,39-,40-,54?/m0/s1. The van der Waals surface area contributed by atoms with Crippen LogP contribution in [0.5, 0.6) is 17.2 Å². The molecule has 14 heteroatoms. The summed E-state index contributed by atoms with van der Waals surface area (Å²) in [5.74, 6) is 2.26. The topological polar surface area (TPSA) is 140 Å². The molecular formula is C40H46O12SSe. The molecule has 0 aromatic heterocycles. The molecule has 0 aliphatic carbocycles. The van der Waals surface area contributed by atoms with E-state index < -0.39 is 42.8 Å². The Morgan fingerprint density at radius 2 is 1.24 bits per heavy atom. The Labute approximate surface area is 321 Å². The summed E-state index contributed by atoms with van der Waals surface area (Å²) in [6, 6.07) is 32.6. The number of methoxy groups -OCH3 is 3.